The molecule has 0 rings (SSSR count). The van der Waals surface area contributed by atoms with Gasteiger partial charge >= 0.3 is 5.97 Å². The maximum atomic E-state index is 10.1. The van der Waals surface area contributed by atoms with E-state index in [-0.39, 0.29) is 11.7 Å². The standard InChI is InChI=1S/C7H12O2S/c1-5(3-6(2)10)4-7(8)9/h3,6,10H,4H2,1-2H3,(H,8,9)/b5-3-. The van der Waals surface area contributed by atoms with Crippen LogP contribution in [0.5, 0.6) is 0 Å². The second-order valence-corrected chi connectivity index (χ2v) is 3.14. The van der Waals surface area contributed by atoms with E-state index in [2.05, 4.69) is 12.6 Å². The Balaban J connectivity index is 3.82. The number of thiol groups is 1. The largest absolute Gasteiger partial charge is 0.481 e. The van der Waals surface area contributed by atoms with Gasteiger partial charge in [-0.15, -0.1) is 0 Å². The molecule has 58 valence electrons. The van der Waals surface area contributed by atoms with Crippen LogP contribution in [0.1, 0.15) is 20.3 Å². The lowest BCUT2D eigenvalue weighted by atomic mass is 10.2. The number of hydrogen-bond donors (Lipinski definition) is 2. The molecule has 0 bridgehead atoms. The summed E-state index contributed by atoms with van der Waals surface area (Å²) in [5.41, 5.74) is 0.856. The predicted octanol–water partition coefficient (Wildman–Crippen LogP) is 1.73. The van der Waals surface area contributed by atoms with Gasteiger partial charge in [0.2, 0.25) is 0 Å². The van der Waals surface area contributed by atoms with E-state index in [1.165, 1.54) is 0 Å². The van der Waals surface area contributed by atoms with E-state index >= 15 is 0 Å². The van der Waals surface area contributed by atoms with Gasteiger partial charge < -0.3 is 5.11 Å². The van der Waals surface area contributed by atoms with Crippen LogP contribution in [0.4, 0.5) is 0 Å². The Morgan fingerprint density at radius 1 is 1.80 bits per heavy atom. The third-order valence-electron chi connectivity index (χ3n) is 0.956. The zero-order valence-electron chi connectivity index (χ0n) is 6.16. The minimum Gasteiger partial charge on any atom is -0.481 e. The number of aliphatic carboxylic acids is 1. The molecule has 0 saturated heterocycles. The first kappa shape index (κ1) is 9.56. The zero-order chi connectivity index (χ0) is 8.15. The van der Waals surface area contributed by atoms with Gasteiger partial charge in [0.25, 0.3) is 0 Å². The van der Waals surface area contributed by atoms with Crippen LogP contribution in [0, 0.1) is 0 Å². The van der Waals surface area contributed by atoms with Gasteiger partial charge in [0, 0.05) is 5.25 Å². The molecule has 0 amide bonds. The van der Waals surface area contributed by atoms with Crippen molar-refractivity contribution in [1.82, 2.24) is 0 Å². The molecule has 0 aliphatic heterocycles. The SMILES string of the molecule is C/C(=C/C(C)S)CC(=O)O. The third-order valence-corrected chi connectivity index (χ3v) is 1.10. The molecule has 0 aliphatic rings. The Bertz CT molecular complexity index is 150. The molecule has 0 heterocycles. The predicted molar refractivity (Wildman–Crippen MR) is 44.5 cm³/mol. The van der Waals surface area contributed by atoms with Crippen molar-refractivity contribution in [3.8, 4) is 0 Å². The summed E-state index contributed by atoms with van der Waals surface area (Å²) in [6.07, 6.45) is 1.95. The lowest BCUT2D eigenvalue weighted by molar-refractivity contribution is -0.136. The average Bonchev–Trinajstić information content (AvgIpc) is 1.58. The highest BCUT2D eigenvalue weighted by molar-refractivity contribution is 7.81. The van der Waals surface area contributed by atoms with Crippen molar-refractivity contribution in [2.24, 2.45) is 0 Å². The van der Waals surface area contributed by atoms with E-state index in [4.69, 9.17) is 5.11 Å². The molecule has 0 saturated carbocycles. The topological polar surface area (TPSA) is 37.3 Å². The van der Waals surface area contributed by atoms with Gasteiger partial charge in [-0.3, -0.25) is 4.79 Å². The number of carboxylic acids is 1. The first-order chi connectivity index (χ1) is 4.52. The summed E-state index contributed by atoms with van der Waals surface area (Å²) in [6.45, 7) is 3.69. The fraction of sp³-hybridized carbons (Fsp3) is 0.571. The highest BCUT2D eigenvalue weighted by Gasteiger charge is 1.98. The highest BCUT2D eigenvalue weighted by Crippen LogP contribution is 2.04. The third kappa shape index (κ3) is 5.69. The van der Waals surface area contributed by atoms with Crippen molar-refractivity contribution in [1.29, 1.82) is 0 Å². The summed E-state index contributed by atoms with van der Waals surface area (Å²) in [4.78, 5) is 10.1. The Hall–Kier alpha value is -0.440. The van der Waals surface area contributed by atoms with Crippen LogP contribution in [0.2, 0.25) is 0 Å². The Morgan fingerprint density at radius 3 is 2.60 bits per heavy atom. The summed E-state index contributed by atoms with van der Waals surface area (Å²) < 4.78 is 0. The molecule has 2 nitrogen and oxygen atoms in total. The molecule has 1 N–H and O–H groups in total. The van der Waals surface area contributed by atoms with Crippen molar-refractivity contribution >= 4 is 18.6 Å². The number of carboxylic acid groups (broad SMARTS) is 1. The monoisotopic (exact) mass is 160 g/mol. The smallest absolute Gasteiger partial charge is 0.307 e. The van der Waals surface area contributed by atoms with Crippen LogP contribution in [0.25, 0.3) is 0 Å². The molecule has 10 heavy (non-hydrogen) atoms. The highest BCUT2D eigenvalue weighted by atomic mass is 32.1. The Morgan fingerprint density at radius 2 is 2.30 bits per heavy atom. The van der Waals surface area contributed by atoms with Gasteiger partial charge in [-0.05, 0) is 13.8 Å². The van der Waals surface area contributed by atoms with Crippen LogP contribution in [0.15, 0.2) is 11.6 Å². The van der Waals surface area contributed by atoms with Gasteiger partial charge in [0.15, 0.2) is 0 Å². The molecule has 0 fully saturated rings. The van der Waals surface area contributed by atoms with E-state index < -0.39 is 5.97 Å². The van der Waals surface area contributed by atoms with Gasteiger partial charge in [0.1, 0.15) is 0 Å². The van der Waals surface area contributed by atoms with Gasteiger partial charge in [-0.25, -0.2) is 0 Å². The van der Waals surface area contributed by atoms with Crippen molar-refractivity contribution < 1.29 is 9.90 Å². The molecule has 3 heteroatoms. The molecule has 1 unspecified atom stereocenters. The molecule has 0 spiro atoms. The van der Waals surface area contributed by atoms with E-state index in [9.17, 15) is 4.79 Å². The first-order valence-electron chi connectivity index (χ1n) is 3.09. The Labute approximate surface area is 66.4 Å². The first-order valence-corrected chi connectivity index (χ1v) is 3.61. The quantitative estimate of drug-likeness (QED) is 0.487. The number of hydrogen-bond acceptors (Lipinski definition) is 2. The summed E-state index contributed by atoms with van der Waals surface area (Å²) >= 11 is 4.09. The molecule has 1 atom stereocenters. The maximum Gasteiger partial charge on any atom is 0.307 e. The van der Waals surface area contributed by atoms with Crippen LogP contribution in [-0.4, -0.2) is 16.3 Å². The second kappa shape index (κ2) is 4.39. The summed E-state index contributed by atoms with van der Waals surface area (Å²) in [5.74, 6) is -0.789. The van der Waals surface area contributed by atoms with Crippen LogP contribution < -0.4 is 0 Å². The van der Waals surface area contributed by atoms with Crippen LogP contribution >= 0.6 is 12.6 Å². The molecule has 0 radical (unpaired) electrons. The van der Waals surface area contributed by atoms with Crippen LogP contribution in [0.3, 0.4) is 0 Å². The summed E-state index contributed by atoms with van der Waals surface area (Å²) in [5, 5.41) is 8.47. The average molecular weight is 160 g/mol. The minimum absolute atomic E-state index is 0.116. The van der Waals surface area contributed by atoms with E-state index in [1.807, 2.05) is 13.0 Å². The number of carbonyl (C=O) groups is 1. The molecule has 0 aromatic rings. The van der Waals surface area contributed by atoms with Crippen molar-refractivity contribution in [2.75, 3.05) is 0 Å². The zero-order valence-corrected chi connectivity index (χ0v) is 7.06. The van der Waals surface area contributed by atoms with Crippen molar-refractivity contribution in [3.05, 3.63) is 11.6 Å². The lowest BCUT2D eigenvalue weighted by Crippen LogP contribution is -1.96. The van der Waals surface area contributed by atoms with Crippen LogP contribution in [-0.2, 0) is 4.79 Å². The lowest BCUT2D eigenvalue weighted by Gasteiger charge is -1.97. The molecule has 0 aromatic carbocycles. The minimum atomic E-state index is -0.789. The molecular weight excluding hydrogens is 148 g/mol. The second-order valence-electron chi connectivity index (χ2n) is 2.32. The Kier molecular flexibility index (Phi) is 4.19. The van der Waals surface area contributed by atoms with Crippen molar-refractivity contribution in [2.45, 2.75) is 25.5 Å². The van der Waals surface area contributed by atoms with E-state index in [0.29, 0.717) is 0 Å². The van der Waals surface area contributed by atoms with Crippen molar-refractivity contribution in [3.63, 3.8) is 0 Å². The molecule has 0 aliphatic carbocycles. The molecule has 0 aromatic heterocycles. The van der Waals surface area contributed by atoms with Gasteiger partial charge in [-0.2, -0.15) is 12.6 Å². The molecular formula is C7H12O2S. The number of rotatable bonds is 3. The summed E-state index contributed by atoms with van der Waals surface area (Å²) in [6, 6.07) is 0. The fourth-order valence-electron chi connectivity index (χ4n) is 0.709. The fourth-order valence-corrected chi connectivity index (χ4v) is 0.964. The maximum absolute atomic E-state index is 10.1. The normalized spacial score (nSPS) is 14.9. The van der Waals surface area contributed by atoms with E-state index in [1.54, 1.807) is 6.92 Å². The van der Waals surface area contributed by atoms with E-state index in [0.717, 1.165) is 5.57 Å². The van der Waals surface area contributed by atoms with Gasteiger partial charge in [-0.1, -0.05) is 11.6 Å². The summed E-state index contributed by atoms with van der Waals surface area (Å²) in [7, 11) is 0. The van der Waals surface area contributed by atoms with Gasteiger partial charge in [0.05, 0.1) is 6.42 Å².